The van der Waals surface area contributed by atoms with Crippen LogP contribution in [0.3, 0.4) is 0 Å². The van der Waals surface area contributed by atoms with E-state index >= 15 is 0 Å². The Kier molecular flexibility index (Phi) is 5.41. The largest absolute Gasteiger partial charge is 0.356 e. The average Bonchev–Trinajstić information content (AvgIpc) is 2.93. The maximum Gasteiger partial charge on any atom is 0.191 e. The van der Waals surface area contributed by atoms with Gasteiger partial charge in [-0.05, 0) is 31.4 Å². The van der Waals surface area contributed by atoms with Gasteiger partial charge in [0, 0.05) is 30.2 Å². The van der Waals surface area contributed by atoms with Crippen LogP contribution in [0.4, 0.5) is 4.39 Å². The van der Waals surface area contributed by atoms with Gasteiger partial charge in [0.25, 0.3) is 0 Å². The molecular formula is C15H19ClFN3. The van der Waals surface area contributed by atoms with Gasteiger partial charge in [-0.3, -0.25) is 4.99 Å². The minimum absolute atomic E-state index is 0.262. The fourth-order valence-corrected chi connectivity index (χ4v) is 2.46. The van der Waals surface area contributed by atoms with E-state index in [9.17, 15) is 4.39 Å². The van der Waals surface area contributed by atoms with Crippen LogP contribution in [0, 0.1) is 5.82 Å². The van der Waals surface area contributed by atoms with E-state index in [1.807, 2.05) is 0 Å². The first-order chi connectivity index (χ1) is 9.70. The highest BCUT2D eigenvalue weighted by atomic mass is 35.5. The molecule has 0 bridgehead atoms. The van der Waals surface area contributed by atoms with Crippen molar-refractivity contribution in [2.45, 2.75) is 25.3 Å². The molecule has 0 aromatic heterocycles. The van der Waals surface area contributed by atoms with Crippen molar-refractivity contribution in [1.29, 1.82) is 0 Å². The summed E-state index contributed by atoms with van der Waals surface area (Å²) >= 11 is 5.99. The normalized spacial score (nSPS) is 15.7. The predicted octanol–water partition coefficient (Wildman–Crippen LogP) is 2.91. The van der Waals surface area contributed by atoms with E-state index in [0.717, 1.165) is 18.8 Å². The van der Waals surface area contributed by atoms with Gasteiger partial charge in [-0.2, -0.15) is 0 Å². The molecule has 1 aromatic carbocycles. The van der Waals surface area contributed by atoms with Gasteiger partial charge in [0.05, 0.1) is 0 Å². The van der Waals surface area contributed by atoms with Crippen molar-refractivity contribution in [3.05, 3.63) is 46.8 Å². The minimum Gasteiger partial charge on any atom is -0.356 e. The Bertz CT molecular complexity index is 486. The third-order valence-corrected chi connectivity index (χ3v) is 3.66. The first kappa shape index (κ1) is 14.9. The zero-order chi connectivity index (χ0) is 14.4. The molecule has 2 rings (SSSR count). The summed E-state index contributed by atoms with van der Waals surface area (Å²) in [5, 5.41) is 6.98. The van der Waals surface area contributed by atoms with Gasteiger partial charge in [0.2, 0.25) is 0 Å². The molecule has 1 aliphatic rings. The summed E-state index contributed by atoms with van der Waals surface area (Å²) in [5.74, 6) is 0.480. The number of halogens is 2. The number of nitrogens with one attached hydrogen (secondary N) is 2. The number of nitrogens with zero attached hydrogens (tertiary/aromatic N) is 1. The molecule has 5 heteroatoms. The Balaban J connectivity index is 1.82. The number of hydrogen-bond acceptors (Lipinski definition) is 1. The number of benzene rings is 1. The summed E-state index contributed by atoms with van der Waals surface area (Å²) < 4.78 is 13.6. The molecule has 1 aliphatic carbocycles. The molecular weight excluding hydrogens is 277 g/mol. The van der Waals surface area contributed by atoms with Gasteiger partial charge in [-0.15, -0.1) is 0 Å². The smallest absolute Gasteiger partial charge is 0.191 e. The second-order valence-corrected chi connectivity index (χ2v) is 5.14. The summed E-state index contributed by atoms with van der Waals surface area (Å²) in [5.41, 5.74) is 0.541. The summed E-state index contributed by atoms with van der Waals surface area (Å²) in [4.78, 5) is 4.17. The second-order valence-electron chi connectivity index (χ2n) is 4.73. The van der Waals surface area contributed by atoms with Crippen molar-refractivity contribution in [3.63, 3.8) is 0 Å². The summed E-state index contributed by atoms with van der Waals surface area (Å²) in [6.45, 7) is 0.584. The molecule has 1 aromatic rings. The molecule has 0 atom stereocenters. The van der Waals surface area contributed by atoms with E-state index in [-0.39, 0.29) is 5.82 Å². The van der Waals surface area contributed by atoms with Crippen molar-refractivity contribution < 1.29 is 4.39 Å². The van der Waals surface area contributed by atoms with E-state index in [4.69, 9.17) is 11.6 Å². The number of hydrogen-bond donors (Lipinski definition) is 2. The Morgan fingerprint density at radius 1 is 1.40 bits per heavy atom. The van der Waals surface area contributed by atoms with Gasteiger partial charge < -0.3 is 10.6 Å². The molecule has 0 saturated heterocycles. The lowest BCUT2D eigenvalue weighted by Crippen LogP contribution is -2.43. The summed E-state index contributed by atoms with van der Waals surface area (Å²) in [6, 6.07) is 5.15. The fourth-order valence-electron chi connectivity index (χ4n) is 2.20. The lowest BCUT2D eigenvalue weighted by Gasteiger charge is -2.17. The van der Waals surface area contributed by atoms with Crippen LogP contribution in [-0.2, 0) is 6.42 Å². The highest BCUT2D eigenvalue weighted by molar-refractivity contribution is 6.31. The maximum absolute atomic E-state index is 13.6. The topological polar surface area (TPSA) is 36.4 Å². The standard InChI is InChI=1S/C15H19ClFN3/c1-18-15(20-11-5-2-3-6-11)19-10-9-12-13(16)7-4-8-14(12)17/h2-4,7-8,11H,5-6,9-10H2,1H3,(H2,18,19,20). The molecule has 0 heterocycles. The molecule has 3 nitrogen and oxygen atoms in total. The summed E-state index contributed by atoms with van der Waals surface area (Å²) in [7, 11) is 1.73. The molecule has 0 spiro atoms. The van der Waals surface area contributed by atoms with Crippen molar-refractivity contribution in [2.24, 2.45) is 4.99 Å². The Hall–Kier alpha value is -1.55. The molecule has 0 amide bonds. The quantitative estimate of drug-likeness (QED) is 0.509. The van der Waals surface area contributed by atoms with Gasteiger partial charge in [-0.1, -0.05) is 29.8 Å². The van der Waals surface area contributed by atoms with E-state index in [0.29, 0.717) is 29.6 Å². The molecule has 0 saturated carbocycles. The number of aliphatic imine (C=N–C) groups is 1. The van der Waals surface area contributed by atoms with Crippen LogP contribution >= 0.6 is 11.6 Å². The van der Waals surface area contributed by atoms with Crippen LogP contribution in [0.1, 0.15) is 18.4 Å². The average molecular weight is 296 g/mol. The molecule has 2 N–H and O–H groups in total. The third kappa shape index (κ3) is 3.97. The summed E-state index contributed by atoms with van der Waals surface area (Å²) in [6.07, 6.45) is 6.86. The van der Waals surface area contributed by atoms with Crippen molar-refractivity contribution >= 4 is 17.6 Å². The van der Waals surface area contributed by atoms with Crippen LogP contribution in [0.5, 0.6) is 0 Å². The van der Waals surface area contributed by atoms with Gasteiger partial charge >= 0.3 is 0 Å². The molecule has 0 unspecified atom stereocenters. The van der Waals surface area contributed by atoms with Crippen molar-refractivity contribution in [2.75, 3.05) is 13.6 Å². The van der Waals surface area contributed by atoms with Crippen LogP contribution in [0.25, 0.3) is 0 Å². The maximum atomic E-state index is 13.6. The monoisotopic (exact) mass is 295 g/mol. The van der Waals surface area contributed by atoms with Gasteiger partial charge in [-0.25, -0.2) is 4.39 Å². The highest BCUT2D eigenvalue weighted by Crippen LogP contribution is 2.18. The third-order valence-electron chi connectivity index (χ3n) is 3.30. The number of rotatable bonds is 4. The molecule has 0 fully saturated rings. The SMILES string of the molecule is CN=C(NCCc1c(F)cccc1Cl)NC1CC=CC1. The fraction of sp³-hybridized carbons (Fsp3) is 0.400. The second kappa shape index (κ2) is 7.29. The number of guanidine groups is 1. The minimum atomic E-state index is -0.262. The van der Waals surface area contributed by atoms with Crippen LogP contribution in [-0.4, -0.2) is 25.6 Å². The Morgan fingerprint density at radius 2 is 2.15 bits per heavy atom. The van der Waals surface area contributed by atoms with Crippen LogP contribution < -0.4 is 10.6 Å². The van der Waals surface area contributed by atoms with Gasteiger partial charge in [0.15, 0.2) is 5.96 Å². The van der Waals surface area contributed by atoms with Crippen LogP contribution in [0.2, 0.25) is 5.02 Å². The highest BCUT2D eigenvalue weighted by Gasteiger charge is 2.12. The molecule has 0 aliphatic heterocycles. The first-order valence-electron chi connectivity index (χ1n) is 6.75. The lowest BCUT2D eigenvalue weighted by molar-refractivity contribution is 0.603. The zero-order valence-corrected chi connectivity index (χ0v) is 12.3. The first-order valence-corrected chi connectivity index (χ1v) is 7.13. The Morgan fingerprint density at radius 3 is 2.80 bits per heavy atom. The lowest BCUT2D eigenvalue weighted by atomic mass is 10.1. The Labute approximate surface area is 123 Å². The zero-order valence-electron chi connectivity index (χ0n) is 11.5. The predicted molar refractivity (Wildman–Crippen MR) is 81.8 cm³/mol. The van der Waals surface area contributed by atoms with E-state index < -0.39 is 0 Å². The van der Waals surface area contributed by atoms with E-state index in [1.54, 1.807) is 19.2 Å². The molecule has 108 valence electrons. The van der Waals surface area contributed by atoms with E-state index in [1.165, 1.54) is 6.07 Å². The van der Waals surface area contributed by atoms with Gasteiger partial charge in [0.1, 0.15) is 5.82 Å². The molecule has 0 radical (unpaired) electrons. The molecule has 20 heavy (non-hydrogen) atoms. The van der Waals surface area contributed by atoms with Crippen molar-refractivity contribution in [1.82, 2.24) is 10.6 Å². The van der Waals surface area contributed by atoms with Crippen molar-refractivity contribution in [3.8, 4) is 0 Å². The van der Waals surface area contributed by atoms with Crippen LogP contribution in [0.15, 0.2) is 35.3 Å². The van der Waals surface area contributed by atoms with E-state index in [2.05, 4.69) is 27.8 Å².